The number of rotatable bonds is 3. The van der Waals surface area contributed by atoms with Crippen LogP contribution >= 0.6 is 22.9 Å². The Hall–Kier alpha value is -0.820. The van der Waals surface area contributed by atoms with Gasteiger partial charge < -0.3 is 5.32 Å². The van der Waals surface area contributed by atoms with Gasteiger partial charge in [-0.2, -0.15) is 13.2 Å². The van der Waals surface area contributed by atoms with Gasteiger partial charge in [-0.1, -0.05) is 0 Å². The molecule has 0 unspecified atom stereocenters. The SMILES string of the molecule is O=C(CCl)NCc1cnc(C(F)(F)F)s1. The number of nitrogens with zero attached hydrogens (tertiary/aromatic N) is 1. The van der Waals surface area contributed by atoms with Crippen molar-refractivity contribution in [2.75, 3.05) is 5.88 Å². The summed E-state index contributed by atoms with van der Waals surface area (Å²) in [6.45, 7) is 0.0132. The van der Waals surface area contributed by atoms with Crippen LogP contribution in [-0.4, -0.2) is 16.8 Å². The number of carbonyl (C=O) groups excluding carboxylic acids is 1. The summed E-state index contributed by atoms with van der Waals surface area (Å²) < 4.78 is 36.3. The van der Waals surface area contributed by atoms with Crippen molar-refractivity contribution >= 4 is 28.8 Å². The summed E-state index contributed by atoms with van der Waals surface area (Å²) in [5.74, 6) is -0.649. The average molecular weight is 259 g/mol. The van der Waals surface area contributed by atoms with Gasteiger partial charge in [0, 0.05) is 11.1 Å². The van der Waals surface area contributed by atoms with E-state index < -0.39 is 17.1 Å². The third kappa shape index (κ3) is 3.67. The highest BCUT2D eigenvalue weighted by Gasteiger charge is 2.34. The van der Waals surface area contributed by atoms with E-state index in [0.29, 0.717) is 16.2 Å². The molecule has 0 saturated heterocycles. The van der Waals surface area contributed by atoms with Crippen molar-refractivity contribution in [1.82, 2.24) is 10.3 Å². The fourth-order valence-corrected chi connectivity index (χ4v) is 1.57. The molecule has 8 heteroatoms. The second-order valence-corrected chi connectivity index (χ2v) is 3.92. The minimum atomic E-state index is -4.43. The molecule has 84 valence electrons. The smallest absolute Gasteiger partial charge is 0.350 e. The second kappa shape index (κ2) is 4.80. The highest BCUT2D eigenvalue weighted by Crippen LogP contribution is 2.32. The maximum atomic E-state index is 12.1. The van der Waals surface area contributed by atoms with Crippen LogP contribution in [0.3, 0.4) is 0 Å². The number of nitrogens with one attached hydrogen (secondary N) is 1. The molecule has 1 aromatic heterocycles. The van der Waals surface area contributed by atoms with Crippen LogP contribution in [0.5, 0.6) is 0 Å². The predicted octanol–water partition coefficient (Wildman–Crippen LogP) is 2.02. The molecular formula is C7H6ClF3N2OS. The number of alkyl halides is 4. The third-order valence-corrected chi connectivity index (χ3v) is 2.66. The minimum absolute atomic E-state index is 0.0132. The monoisotopic (exact) mass is 258 g/mol. The van der Waals surface area contributed by atoms with Gasteiger partial charge in [-0.15, -0.1) is 22.9 Å². The molecule has 0 fully saturated rings. The Labute approximate surface area is 92.3 Å². The van der Waals surface area contributed by atoms with E-state index >= 15 is 0 Å². The van der Waals surface area contributed by atoms with E-state index in [9.17, 15) is 18.0 Å². The van der Waals surface area contributed by atoms with Gasteiger partial charge in [0.25, 0.3) is 0 Å². The maximum Gasteiger partial charge on any atom is 0.443 e. The van der Waals surface area contributed by atoms with E-state index in [4.69, 9.17) is 11.6 Å². The van der Waals surface area contributed by atoms with Crippen LogP contribution in [0.25, 0.3) is 0 Å². The van der Waals surface area contributed by atoms with Gasteiger partial charge in [0.05, 0.1) is 6.54 Å². The zero-order chi connectivity index (χ0) is 11.5. The third-order valence-electron chi connectivity index (χ3n) is 1.38. The number of thiazole rings is 1. The first-order valence-electron chi connectivity index (χ1n) is 3.78. The molecule has 1 amide bonds. The van der Waals surface area contributed by atoms with Crippen LogP contribution in [0.4, 0.5) is 13.2 Å². The number of aromatic nitrogens is 1. The molecule has 0 aliphatic carbocycles. The molecule has 1 N–H and O–H groups in total. The van der Waals surface area contributed by atoms with E-state index in [2.05, 4.69) is 10.3 Å². The maximum absolute atomic E-state index is 12.1. The van der Waals surface area contributed by atoms with E-state index in [1.165, 1.54) is 0 Å². The van der Waals surface area contributed by atoms with Gasteiger partial charge >= 0.3 is 6.18 Å². The largest absolute Gasteiger partial charge is 0.443 e. The van der Waals surface area contributed by atoms with Crippen LogP contribution in [0, 0.1) is 0 Å². The molecule has 0 atom stereocenters. The van der Waals surface area contributed by atoms with Gasteiger partial charge in [0.1, 0.15) is 5.88 Å². The molecule has 1 heterocycles. The van der Waals surface area contributed by atoms with E-state index in [-0.39, 0.29) is 12.4 Å². The van der Waals surface area contributed by atoms with Crippen molar-refractivity contribution in [1.29, 1.82) is 0 Å². The molecule has 1 aromatic rings. The fourth-order valence-electron chi connectivity index (χ4n) is 0.753. The molecule has 1 rings (SSSR count). The normalized spacial score (nSPS) is 11.5. The standard InChI is InChI=1S/C7H6ClF3N2OS/c8-1-5(14)12-2-4-3-13-6(15-4)7(9,10)11/h3H,1-2H2,(H,12,14). The van der Waals surface area contributed by atoms with Crippen molar-refractivity contribution in [3.63, 3.8) is 0 Å². The zero-order valence-electron chi connectivity index (χ0n) is 7.27. The number of carbonyl (C=O) groups is 1. The summed E-state index contributed by atoms with van der Waals surface area (Å²) in [5.41, 5.74) is 0. The number of hydrogen-bond donors (Lipinski definition) is 1. The lowest BCUT2D eigenvalue weighted by molar-refractivity contribution is -0.137. The lowest BCUT2D eigenvalue weighted by Crippen LogP contribution is -2.23. The van der Waals surface area contributed by atoms with Crippen LogP contribution < -0.4 is 5.32 Å². The number of amides is 1. The zero-order valence-corrected chi connectivity index (χ0v) is 8.84. The summed E-state index contributed by atoms with van der Waals surface area (Å²) in [6.07, 6.45) is -3.35. The first-order chi connectivity index (χ1) is 6.93. The molecule has 0 radical (unpaired) electrons. The van der Waals surface area contributed by atoms with Crippen LogP contribution in [0.2, 0.25) is 0 Å². The van der Waals surface area contributed by atoms with Crippen LogP contribution in [-0.2, 0) is 17.5 Å². The van der Waals surface area contributed by atoms with Gasteiger partial charge in [0.15, 0.2) is 5.01 Å². The lowest BCUT2D eigenvalue weighted by Gasteiger charge is -2.00. The molecular weight excluding hydrogens is 253 g/mol. The van der Waals surface area contributed by atoms with Gasteiger partial charge in [-0.3, -0.25) is 4.79 Å². The van der Waals surface area contributed by atoms with Crippen molar-refractivity contribution in [2.45, 2.75) is 12.7 Å². The lowest BCUT2D eigenvalue weighted by atomic mass is 10.5. The fraction of sp³-hybridized carbons (Fsp3) is 0.429. The summed E-state index contributed by atoms with van der Waals surface area (Å²) in [5, 5.41) is 1.43. The van der Waals surface area contributed by atoms with Crippen molar-refractivity contribution in [2.24, 2.45) is 0 Å². The predicted molar refractivity (Wildman–Crippen MR) is 49.7 cm³/mol. The molecule has 0 aliphatic heterocycles. The van der Waals surface area contributed by atoms with E-state index in [1.54, 1.807) is 0 Å². The molecule has 0 aromatic carbocycles. The first-order valence-corrected chi connectivity index (χ1v) is 5.13. The quantitative estimate of drug-likeness (QED) is 0.843. The molecule has 0 spiro atoms. The number of halogens is 4. The molecule has 0 aliphatic rings. The van der Waals surface area contributed by atoms with Crippen molar-refractivity contribution in [3.8, 4) is 0 Å². The van der Waals surface area contributed by atoms with E-state index in [1.807, 2.05) is 0 Å². The first kappa shape index (κ1) is 12.3. The van der Waals surface area contributed by atoms with Crippen LogP contribution in [0.1, 0.15) is 9.88 Å². The Morgan fingerprint density at radius 1 is 1.60 bits per heavy atom. The summed E-state index contributed by atoms with van der Waals surface area (Å²) in [7, 11) is 0. The summed E-state index contributed by atoms with van der Waals surface area (Å²) in [6, 6.07) is 0. The van der Waals surface area contributed by atoms with Gasteiger partial charge in [-0.05, 0) is 0 Å². The second-order valence-electron chi connectivity index (χ2n) is 2.54. The average Bonchev–Trinajstić information content (AvgIpc) is 2.61. The minimum Gasteiger partial charge on any atom is -0.350 e. The van der Waals surface area contributed by atoms with Crippen LogP contribution in [0.15, 0.2) is 6.20 Å². The molecule has 0 saturated carbocycles. The van der Waals surface area contributed by atoms with E-state index in [0.717, 1.165) is 6.20 Å². The summed E-state index contributed by atoms with van der Waals surface area (Å²) >= 11 is 5.69. The number of hydrogen-bond acceptors (Lipinski definition) is 3. The topological polar surface area (TPSA) is 42.0 Å². The van der Waals surface area contributed by atoms with Gasteiger partial charge in [0.2, 0.25) is 5.91 Å². The molecule has 0 bridgehead atoms. The Kier molecular flexibility index (Phi) is 3.92. The Morgan fingerprint density at radius 3 is 2.73 bits per heavy atom. The van der Waals surface area contributed by atoms with Gasteiger partial charge in [-0.25, -0.2) is 4.98 Å². The Bertz CT molecular complexity index is 352. The highest BCUT2D eigenvalue weighted by molar-refractivity contribution is 7.11. The molecule has 15 heavy (non-hydrogen) atoms. The van der Waals surface area contributed by atoms with Crippen molar-refractivity contribution < 1.29 is 18.0 Å². The van der Waals surface area contributed by atoms with Crippen molar-refractivity contribution in [3.05, 3.63) is 16.1 Å². The Balaban J connectivity index is 2.58. The molecule has 3 nitrogen and oxygen atoms in total. The summed E-state index contributed by atoms with van der Waals surface area (Å²) in [4.78, 5) is 14.2. The Morgan fingerprint density at radius 2 is 2.27 bits per heavy atom. The highest BCUT2D eigenvalue weighted by atomic mass is 35.5.